The summed E-state index contributed by atoms with van der Waals surface area (Å²) in [4.78, 5) is 25.5. The number of hydrogen-bond acceptors (Lipinski definition) is 5. The molecule has 112 valence electrons. The van der Waals surface area contributed by atoms with Crippen LogP contribution in [0.15, 0.2) is 6.20 Å². The maximum Gasteiger partial charge on any atom is 0.325 e. The van der Waals surface area contributed by atoms with Gasteiger partial charge in [0.2, 0.25) is 0 Å². The summed E-state index contributed by atoms with van der Waals surface area (Å²) in [6, 6.07) is 0. The van der Waals surface area contributed by atoms with Gasteiger partial charge in [-0.15, -0.1) is 0 Å². The maximum atomic E-state index is 12.5. The van der Waals surface area contributed by atoms with Gasteiger partial charge in [0.25, 0.3) is 5.91 Å². The molecule has 0 fully saturated rings. The summed E-state index contributed by atoms with van der Waals surface area (Å²) in [6.07, 6.45) is 1.42. The predicted octanol–water partition coefficient (Wildman–Crippen LogP) is 0.664. The molecule has 0 unspecified atom stereocenters. The molecule has 0 atom stereocenters. The number of hydrogen-bond donors (Lipinski definition) is 1. The van der Waals surface area contributed by atoms with Gasteiger partial charge in [-0.05, 0) is 12.8 Å². The van der Waals surface area contributed by atoms with Crippen molar-refractivity contribution in [3.8, 4) is 0 Å². The molecule has 0 aromatic carbocycles. The fourth-order valence-corrected chi connectivity index (χ4v) is 1.89. The molecule has 2 N–H and O–H groups in total. The van der Waals surface area contributed by atoms with Gasteiger partial charge in [0.1, 0.15) is 12.2 Å². The average Bonchev–Trinajstić information content (AvgIpc) is 2.67. The van der Waals surface area contributed by atoms with Crippen LogP contribution in [0.5, 0.6) is 0 Å². The van der Waals surface area contributed by atoms with Crippen LogP contribution in [0.2, 0.25) is 0 Å². The maximum absolute atomic E-state index is 12.5. The number of carbonyl (C=O) groups excluding carboxylic acids is 2. The smallest absolute Gasteiger partial charge is 0.325 e. The lowest BCUT2D eigenvalue weighted by atomic mass is 10.2. The summed E-state index contributed by atoms with van der Waals surface area (Å²) in [5.41, 5.74) is 6.34. The summed E-state index contributed by atoms with van der Waals surface area (Å²) in [7, 11) is 1.64. The predicted molar refractivity (Wildman–Crippen MR) is 75.0 cm³/mol. The fourth-order valence-electron chi connectivity index (χ4n) is 1.89. The molecule has 0 saturated carbocycles. The van der Waals surface area contributed by atoms with Crippen molar-refractivity contribution in [2.75, 3.05) is 25.4 Å². The van der Waals surface area contributed by atoms with E-state index in [2.05, 4.69) is 5.10 Å². The fraction of sp³-hybridized carbons (Fsp3) is 0.615. The van der Waals surface area contributed by atoms with Crippen LogP contribution in [0.25, 0.3) is 0 Å². The van der Waals surface area contributed by atoms with E-state index < -0.39 is 5.97 Å². The van der Waals surface area contributed by atoms with Gasteiger partial charge in [-0.1, -0.05) is 13.8 Å². The zero-order valence-corrected chi connectivity index (χ0v) is 12.4. The summed E-state index contributed by atoms with van der Waals surface area (Å²) in [6.45, 7) is 6.32. The molecule has 7 heteroatoms. The molecule has 1 aromatic rings. The molecule has 0 saturated heterocycles. The van der Waals surface area contributed by atoms with Gasteiger partial charge in [-0.25, -0.2) is 0 Å². The third kappa shape index (κ3) is 3.97. The monoisotopic (exact) mass is 282 g/mol. The van der Waals surface area contributed by atoms with E-state index in [1.165, 1.54) is 15.8 Å². The highest BCUT2D eigenvalue weighted by Crippen LogP contribution is 2.14. The van der Waals surface area contributed by atoms with Gasteiger partial charge >= 0.3 is 5.97 Å². The summed E-state index contributed by atoms with van der Waals surface area (Å²) >= 11 is 0. The first kappa shape index (κ1) is 16.0. The number of aromatic nitrogens is 2. The minimum absolute atomic E-state index is 0.0878. The number of nitrogen functional groups attached to an aromatic ring is 1. The van der Waals surface area contributed by atoms with E-state index in [-0.39, 0.29) is 30.7 Å². The van der Waals surface area contributed by atoms with Crippen molar-refractivity contribution in [3.63, 3.8) is 0 Å². The zero-order chi connectivity index (χ0) is 15.3. The number of rotatable bonds is 6. The lowest BCUT2D eigenvalue weighted by Gasteiger charge is -2.23. The van der Waals surface area contributed by atoms with Crippen molar-refractivity contribution in [2.45, 2.75) is 20.8 Å². The van der Waals surface area contributed by atoms with Crippen molar-refractivity contribution in [3.05, 3.63) is 11.9 Å². The molecule has 0 aliphatic carbocycles. The largest absolute Gasteiger partial charge is 0.465 e. The van der Waals surface area contributed by atoms with E-state index in [1.807, 2.05) is 13.8 Å². The molecule has 0 bridgehead atoms. The normalized spacial score (nSPS) is 10.7. The number of carbonyl (C=O) groups is 2. The zero-order valence-electron chi connectivity index (χ0n) is 12.4. The third-order valence-electron chi connectivity index (χ3n) is 2.67. The topological polar surface area (TPSA) is 90.4 Å². The Bertz CT molecular complexity index is 462. The van der Waals surface area contributed by atoms with E-state index in [9.17, 15) is 9.59 Å². The van der Waals surface area contributed by atoms with Crippen LogP contribution in [0.4, 0.5) is 5.69 Å². The molecular weight excluding hydrogens is 260 g/mol. The number of anilines is 1. The Morgan fingerprint density at radius 3 is 2.60 bits per heavy atom. The Balaban J connectivity index is 2.93. The molecule has 20 heavy (non-hydrogen) atoms. The Morgan fingerprint density at radius 1 is 1.50 bits per heavy atom. The van der Waals surface area contributed by atoms with E-state index in [0.29, 0.717) is 12.2 Å². The first-order valence-corrected chi connectivity index (χ1v) is 6.59. The van der Waals surface area contributed by atoms with Crippen LogP contribution in [0.1, 0.15) is 31.3 Å². The average molecular weight is 282 g/mol. The lowest BCUT2D eigenvalue weighted by molar-refractivity contribution is -0.143. The third-order valence-corrected chi connectivity index (χ3v) is 2.67. The van der Waals surface area contributed by atoms with Crippen molar-refractivity contribution in [2.24, 2.45) is 13.0 Å². The quantitative estimate of drug-likeness (QED) is 0.774. The van der Waals surface area contributed by atoms with Crippen molar-refractivity contribution < 1.29 is 14.3 Å². The highest BCUT2D eigenvalue weighted by molar-refractivity contribution is 5.98. The van der Waals surface area contributed by atoms with Gasteiger partial charge in [0.15, 0.2) is 0 Å². The Morgan fingerprint density at radius 2 is 2.15 bits per heavy atom. The van der Waals surface area contributed by atoms with Crippen LogP contribution in [0, 0.1) is 5.92 Å². The first-order chi connectivity index (χ1) is 9.36. The first-order valence-electron chi connectivity index (χ1n) is 6.59. The highest BCUT2D eigenvalue weighted by atomic mass is 16.5. The summed E-state index contributed by atoms with van der Waals surface area (Å²) in [5.74, 6) is -0.519. The summed E-state index contributed by atoms with van der Waals surface area (Å²) < 4.78 is 6.31. The molecule has 0 aliphatic heterocycles. The van der Waals surface area contributed by atoms with Gasteiger partial charge in [-0.2, -0.15) is 5.10 Å². The van der Waals surface area contributed by atoms with Gasteiger partial charge in [0, 0.05) is 13.6 Å². The van der Waals surface area contributed by atoms with E-state index in [0.717, 1.165) is 0 Å². The minimum Gasteiger partial charge on any atom is -0.465 e. The molecule has 0 aliphatic rings. The number of nitrogens with zero attached hydrogens (tertiary/aromatic N) is 3. The molecule has 1 amide bonds. The van der Waals surface area contributed by atoms with E-state index in [4.69, 9.17) is 10.5 Å². The van der Waals surface area contributed by atoms with Crippen LogP contribution in [-0.4, -0.2) is 46.3 Å². The number of ether oxygens (including phenoxy) is 1. The molecule has 0 radical (unpaired) electrons. The SMILES string of the molecule is CCOC(=O)CN(CC(C)C)C(=O)c1c(N)cnn1C. The molecule has 1 aromatic heterocycles. The second kappa shape index (κ2) is 6.93. The van der Waals surface area contributed by atoms with Gasteiger partial charge < -0.3 is 15.4 Å². The number of nitrogens with two attached hydrogens (primary N) is 1. The Labute approximate surface area is 118 Å². The Kier molecular flexibility index (Phi) is 5.54. The van der Waals surface area contributed by atoms with Gasteiger partial charge in [-0.3, -0.25) is 14.3 Å². The van der Waals surface area contributed by atoms with Crippen LogP contribution < -0.4 is 5.73 Å². The standard InChI is InChI=1S/C13H22N4O3/c1-5-20-11(18)8-17(7-9(2)3)13(19)12-10(14)6-15-16(12)4/h6,9H,5,7-8,14H2,1-4H3. The highest BCUT2D eigenvalue weighted by Gasteiger charge is 2.24. The number of aryl methyl sites for hydroxylation is 1. The van der Waals surface area contributed by atoms with E-state index >= 15 is 0 Å². The van der Waals surface area contributed by atoms with Crippen molar-refractivity contribution >= 4 is 17.6 Å². The summed E-state index contributed by atoms with van der Waals surface area (Å²) in [5, 5.41) is 3.94. The molecule has 7 nitrogen and oxygen atoms in total. The number of esters is 1. The van der Waals surface area contributed by atoms with Crippen LogP contribution in [0.3, 0.4) is 0 Å². The van der Waals surface area contributed by atoms with Crippen molar-refractivity contribution in [1.29, 1.82) is 0 Å². The van der Waals surface area contributed by atoms with Crippen LogP contribution >= 0.6 is 0 Å². The molecule has 0 spiro atoms. The Hall–Kier alpha value is -2.05. The van der Waals surface area contributed by atoms with Crippen molar-refractivity contribution in [1.82, 2.24) is 14.7 Å². The lowest BCUT2D eigenvalue weighted by Crippen LogP contribution is -2.40. The van der Waals surface area contributed by atoms with Crippen LogP contribution in [-0.2, 0) is 16.6 Å². The second-order valence-electron chi connectivity index (χ2n) is 4.96. The molecular formula is C13H22N4O3. The second-order valence-corrected chi connectivity index (χ2v) is 4.96. The molecule has 1 heterocycles. The van der Waals surface area contributed by atoms with E-state index in [1.54, 1.807) is 14.0 Å². The minimum atomic E-state index is -0.428. The number of amides is 1. The molecule has 1 rings (SSSR count). The van der Waals surface area contributed by atoms with Gasteiger partial charge in [0.05, 0.1) is 18.5 Å².